The van der Waals surface area contributed by atoms with Gasteiger partial charge in [-0.25, -0.2) is 0 Å². The number of hydrogen-bond acceptors (Lipinski definition) is 2. The first-order chi connectivity index (χ1) is 10.4. The van der Waals surface area contributed by atoms with Gasteiger partial charge in [0.1, 0.15) is 0 Å². The van der Waals surface area contributed by atoms with Crippen LogP contribution in [0.2, 0.25) is 5.02 Å². The van der Waals surface area contributed by atoms with E-state index in [1.807, 2.05) is 18.2 Å². The van der Waals surface area contributed by atoms with Crippen molar-refractivity contribution in [2.24, 2.45) is 5.73 Å². The number of carbonyl (C=O) groups is 2. The van der Waals surface area contributed by atoms with E-state index in [-0.39, 0.29) is 5.91 Å². The van der Waals surface area contributed by atoms with Crippen LogP contribution in [-0.4, -0.2) is 23.8 Å². The van der Waals surface area contributed by atoms with Crippen molar-refractivity contribution in [1.29, 1.82) is 0 Å². The molecular weight excluding hydrogens is 300 g/mol. The second-order valence-corrected chi connectivity index (χ2v) is 5.62. The van der Waals surface area contributed by atoms with E-state index in [0.717, 1.165) is 11.1 Å². The minimum absolute atomic E-state index is 0.178. The molecule has 5 heteroatoms. The Balaban J connectivity index is 2.20. The molecule has 0 bridgehead atoms. The molecule has 0 radical (unpaired) electrons. The third-order valence-corrected chi connectivity index (χ3v) is 3.64. The van der Waals surface area contributed by atoms with Crippen LogP contribution >= 0.6 is 11.6 Å². The predicted molar refractivity (Wildman–Crippen MR) is 86.9 cm³/mol. The van der Waals surface area contributed by atoms with E-state index in [2.05, 4.69) is 0 Å². The fraction of sp³-hybridized carbons (Fsp3) is 0.176. The molecule has 0 spiro atoms. The summed E-state index contributed by atoms with van der Waals surface area (Å²) >= 11 is 5.94. The highest BCUT2D eigenvalue weighted by atomic mass is 35.5. The lowest BCUT2D eigenvalue weighted by atomic mass is 10.0. The van der Waals surface area contributed by atoms with Gasteiger partial charge in [0.25, 0.3) is 5.91 Å². The molecule has 0 saturated carbocycles. The maximum absolute atomic E-state index is 12.5. The molecule has 0 aliphatic carbocycles. The zero-order valence-corrected chi connectivity index (χ0v) is 13.2. The van der Waals surface area contributed by atoms with E-state index in [1.54, 1.807) is 37.1 Å². The summed E-state index contributed by atoms with van der Waals surface area (Å²) in [6.45, 7) is 2.21. The Morgan fingerprint density at radius 1 is 1.18 bits per heavy atom. The van der Waals surface area contributed by atoms with Crippen molar-refractivity contribution in [3.63, 3.8) is 0 Å². The smallest absolute Gasteiger partial charge is 0.253 e. The summed E-state index contributed by atoms with van der Waals surface area (Å²) in [5, 5.41) is 0.629. The lowest BCUT2D eigenvalue weighted by molar-refractivity contribution is 0.0785. The zero-order chi connectivity index (χ0) is 16.3. The standard InChI is InChI=1S/C17H17ClN2O2/c1-11-6-7-13(9-15(11)16(19)21)17(22)20(2)10-12-4-3-5-14(18)8-12/h3-9H,10H2,1-2H3,(H2,19,21). The molecule has 22 heavy (non-hydrogen) atoms. The van der Waals surface area contributed by atoms with Gasteiger partial charge in [0.2, 0.25) is 5.91 Å². The number of rotatable bonds is 4. The molecule has 4 nitrogen and oxygen atoms in total. The SMILES string of the molecule is Cc1ccc(C(=O)N(C)Cc2cccc(Cl)c2)cc1C(N)=O. The summed E-state index contributed by atoms with van der Waals surface area (Å²) in [5.41, 5.74) is 7.81. The topological polar surface area (TPSA) is 63.4 Å². The van der Waals surface area contributed by atoms with Gasteiger partial charge in [-0.2, -0.15) is 0 Å². The predicted octanol–water partition coefficient (Wildman–Crippen LogP) is 3.02. The molecule has 0 atom stereocenters. The molecule has 0 fully saturated rings. The summed E-state index contributed by atoms with van der Waals surface area (Å²) in [5.74, 6) is -0.716. The summed E-state index contributed by atoms with van der Waals surface area (Å²) in [4.78, 5) is 25.4. The average molecular weight is 317 g/mol. The van der Waals surface area contributed by atoms with E-state index < -0.39 is 5.91 Å². The molecule has 2 N–H and O–H groups in total. The molecule has 0 aromatic heterocycles. The Kier molecular flexibility index (Phi) is 4.83. The first-order valence-electron chi connectivity index (χ1n) is 6.79. The molecule has 0 saturated heterocycles. The van der Waals surface area contributed by atoms with Gasteiger partial charge in [-0.05, 0) is 42.3 Å². The van der Waals surface area contributed by atoms with Gasteiger partial charge < -0.3 is 10.6 Å². The van der Waals surface area contributed by atoms with Gasteiger partial charge in [-0.15, -0.1) is 0 Å². The third kappa shape index (κ3) is 3.65. The van der Waals surface area contributed by atoms with Crippen molar-refractivity contribution in [2.75, 3.05) is 7.05 Å². The van der Waals surface area contributed by atoms with Gasteiger partial charge in [0, 0.05) is 29.7 Å². The van der Waals surface area contributed by atoms with Gasteiger partial charge in [0.05, 0.1) is 0 Å². The lowest BCUT2D eigenvalue weighted by Gasteiger charge is -2.18. The lowest BCUT2D eigenvalue weighted by Crippen LogP contribution is -2.26. The Morgan fingerprint density at radius 3 is 2.55 bits per heavy atom. The third-order valence-electron chi connectivity index (χ3n) is 3.41. The molecule has 0 unspecified atom stereocenters. The van der Waals surface area contributed by atoms with E-state index in [4.69, 9.17) is 17.3 Å². The molecular formula is C17H17ClN2O2. The summed E-state index contributed by atoms with van der Waals surface area (Å²) in [6.07, 6.45) is 0. The molecule has 2 amide bonds. The normalized spacial score (nSPS) is 10.3. The Bertz CT molecular complexity index is 728. The van der Waals surface area contributed by atoms with E-state index in [0.29, 0.717) is 22.7 Å². The van der Waals surface area contributed by atoms with Crippen molar-refractivity contribution in [2.45, 2.75) is 13.5 Å². The summed E-state index contributed by atoms with van der Waals surface area (Å²) in [7, 11) is 1.70. The second-order valence-electron chi connectivity index (χ2n) is 5.19. The van der Waals surface area contributed by atoms with E-state index in [9.17, 15) is 9.59 Å². The highest BCUT2D eigenvalue weighted by Gasteiger charge is 2.15. The molecule has 0 heterocycles. The van der Waals surface area contributed by atoms with Crippen molar-refractivity contribution in [3.8, 4) is 0 Å². The van der Waals surface area contributed by atoms with Crippen molar-refractivity contribution >= 4 is 23.4 Å². The highest BCUT2D eigenvalue weighted by molar-refractivity contribution is 6.30. The fourth-order valence-corrected chi connectivity index (χ4v) is 2.43. The van der Waals surface area contributed by atoms with Gasteiger partial charge >= 0.3 is 0 Å². The minimum Gasteiger partial charge on any atom is -0.366 e. The Hall–Kier alpha value is -2.33. The van der Waals surface area contributed by atoms with Crippen LogP contribution in [0.4, 0.5) is 0 Å². The van der Waals surface area contributed by atoms with Gasteiger partial charge in [-0.3, -0.25) is 9.59 Å². The minimum atomic E-state index is -0.537. The maximum atomic E-state index is 12.5. The first-order valence-corrected chi connectivity index (χ1v) is 7.16. The Labute approximate surface area is 134 Å². The molecule has 0 aliphatic heterocycles. The van der Waals surface area contributed by atoms with Crippen molar-refractivity contribution < 1.29 is 9.59 Å². The number of benzene rings is 2. The van der Waals surface area contributed by atoms with Crippen LogP contribution in [0.5, 0.6) is 0 Å². The van der Waals surface area contributed by atoms with Gasteiger partial charge in [-0.1, -0.05) is 29.8 Å². The zero-order valence-electron chi connectivity index (χ0n) is 12.5. The summed E-state index contributed by atoms with van der Waals surface area (Å²) < 4.78 is 0. The number of carbonyl (C=O) groups excluding carboxylic acids is 2. The van der Waals surface area contributed by atoms with Crippen LogP contribution in [0.1, 0.15) is 31.8 Å². The van der Waals surface area contributed by atoms with Crippen molar-refractivity contribution in [3.05, 3.63) is 69.7 Å². The molecule has 2 rings (SSSR count). The molecule has 2 aromatic rings. The number of aryl methyl sites for hydroxylation is 1. The van der Waals surface area contributed by atoms with E-state index >= 15 is 0 Å². The number of nitrogens with zero attached hydrogens (tertiary/aromatic N) is 1. The number of hydrogen-bond donors (Lipinski definition) is 1. The number of halogens is 1. The molecule has 0 aliphatic rings. The number of nitrogens with two attached hydrogens (primary N) is 1. The molecule has 2 aromatic carbocycles. The van der Waals surface area contributed by atoms with Gasteiger partial charge in [0.15, 0.2) is 0 Å². The summed E-state index contributed by atoms with van der Waals surface area (Å²) in [6, 6.07) is 12.3. The van der Waals surface area contributed by atoms with Crippen LogP contribution in [0.15, 0.2) is 42.5 Å². The highest BCUT2D eigenvalue weighted by Crippen LogP contribution is 2.15. The quantitative estimate of drug-likeness (QED) is 0.942. The van der Waals surface area contributed by atoms with Crippen LogP contribution in [0.25, 0.3) is 0 Å². The first kappa shape index (κ1) is 16.0. The van der Waals surface area contributed by atoms with Crippen LogP contribution in [0.3, 0.4) is 0 Å². The Morgan fingerprint density at radius 2 is 1.91 bits per heavy atom. The van der Waals surface area contributed by atoms with Crippen LogP contribution in [0, 0.1) is 6.92 Å². The van der Waals surface area contributed by atoms with Crippen molar-refractivity contribution in [1.82, 2.24) is 4.90 Å². The van der Waals surface area contributed by atoms with Crippen LogP contribution < -0.4 is 5.73 Å². The molecule has 114 valence electrons. The number of amides is 2. The monoisotopic (exact) mass is 316 g/mol. The average Bonchev–Trinajstić information content (AvgIpc) is 2.46. The largest absolute Gasteiger partial charge is 0.366 e. The fourth-order valence-electron chi connectivity index (χ4n) is 2.22. The van der Waals surface area contributed by atoms with E-state index in [1.165, 1.54) is 6.07 Å². The maximum Gasteiger partial charge on any atom is 0.253 e. The number of primary amides is 1. The van der Waals surface area contributed by atoms with Crippen LogP contribution in [-0.2, 0) is 6.54 Å². The second kappa shape index (κ2) is 6.62.